The molecule has 0 bridgehead atoms. The van der Waals surface area contributed by atoms with Crippen molar-refractivity contribution in [3.63, 3.8) is 0 Å². The monoisotopic (exact) mass is 380 g/mol. The maximum atomic E-state index is 11.8. The fraction of sp³-hybridized carbons (Fsp3) is 0.0476. The van der Waals surface area contributed by atoms with E-state index >= 15 is 0 Å². The van der Waals surface area contributed by atoms with Gasteiger partial charge in [0.1, 0.15) is 0 Å². The van der Waals surface area contributed by atoms with Gasteiger partial charge in [0.05, 0.1) is 12.6 Å². The topological polar surface area (TPSA) is 41.5 Å². The fourth-order valence-electron chi connectivity index (χ4n) is 2.26. The Hall–Kier alpha value is -2.56. The Bertz CT molecular complexity index is 878. The summed E-state index contributed by atoms with van der Waals surface area (Å²) >= 11 is 7.56. The highest BCUT2D eigenvalue weighted by Gasteiger charge is 2.01. The van der Waals surface area contributed by atoms with Crippen molar-refractivity contribution in [1.82, 2.24) is 5.43 Å². The van der Waals surface area contributed by atoms with Crippen molar-refractivity contribution in [1.29, 1.82) is 0 Å². The molecule has 3 aromatic carbocycles. The van der Waals surface area contributed by atoms with Crippen LogP contribution in [0, 0.1) is 0 Å². The van der Waals surface area contributed by atoms with E-state index in [1.807, 2.05) is 78.9 Å². The minimum absolute atomic E-state index is 0.137. The molecule has 5 heteroatoms. The maximum absolute atomic E-state index is 11.8. The predicted molar refractivity (Wildman–Crippen MR) is 108 cm³/mol. The minimum Gasteiger partial charge on any atom is -0.273 e. The largest absolute Gasteiger partial charge is 0.273 e. The molecule has 130 valence electrons. The molecule has 0 aromatic heterocycles. The highest BCUT2D eigenvalue weighted by Crippen LogP contribution is 2.28. The van der Waals surface area contributed by atoms with Gasteiger partial charge in [-0.1, -0.05) is 65.8 Å². The first kappa shape index (κ1) is 18.2. The molecule has 0 aliphatic rings. The molecule has 0 atom stereocenters. The van der Waals surface area contributed by atoms with Gasteiger partial charge in [0.15, 0.2) is 0 Å². The van der Waals surface area contributed by atoms with Gasteiger partial charge < -0.3 is 0 Å². The van der Waals surface area contributed by atoms with Gasteiger partial charge in [-0.3, -0.25) is 4.79 Å². The van der Waals surface area contributed by atoms with Gasteiger partial charge in [-0.05, 0) is 47.5 Å². The lowest BCUT2D eigenvalue weighted by molar-refractivity contribution is -0.120. The van der Waals surface area contributed by atoms with E-state index in [-0.39, 0.29) is 5.91 Å². The summed E-state index contributed by atoms with van der Waals surface area (Å²) in [6.45, 7) is 0. The third-order valence-electron chi connectivity index (χ3n) is 3.54. The Morgan fingerprint density at radius 1 is 0.923 bits per heavy atom. The molecule has 26 heavy (non-hydrogen) atoms. The zero-order chi connectivity index (χ0) is 18.2. The molecule has 3 nitrogen and oxygen atoms in total. The zero-order valence-electron chi connectivity index (χ0n) is 13.9. The van der Waals surface area contributed by atoms with Crippen molar-refractivity contribution in [3.05, 3.63) is 95.0 Å². The molecular formula is C21H17ClN2OS. The lowest BCUT2D eigenvalue weighted by Crippen LogP contribution is -2.19. The average molecular weight is 381 g/mol. The van der Waals surface area contributed by atoms with Crippen molar-refractivity contribution in [2.45, 2.75) is 16.2 Å². The van der Waals surface area contributed by atoms with Crippen LogP contribution in [0.5, 0.6) is 0 Å². The predicted octanol–water partition coefficient (Wildman–Crippen LogP) is 5.18. The second-order valence-electron chi connectivity index (χ2n) is 5.58. The van der Waals surface area contributed by atoms with Crippen LogP contribution in [0.15, 0.2) is 93.8 Å². The number of nitrogens with zero attached hydrogens (tertiary/aromatic N) is 1. The lowest BCUT2D eigenvalue weighted by atomic mass is 10.1. The number of benzene rings is 3. The summed E-state index contributed by atoms with van der Waals surface area (Å²) in [6.07, 6.45) is 1.95. The standard InChI is InChI=1S/C21H17ClN2OS/c22-18-8-12-20(13-9-18)26-19-10-6-17(7-11-19)15-23-24-21(25)14-16-4-2-1-3-5-16/h1-13,15H,14H2,(H,24,25)/b23-15-. The molecule has 1 amide bonds. The Kier molecular flexibility index (Phi) is 6.47. The Morgan fingerprint density at radius 3 is 2.19 bits per heavy atom. The van der Waals surface area contributed by atoms with E-state index in [0.29, 0.717) is 6.42 Å². The average Bonchev–Trinajstić information content (AvgIpc) is 2.66. The molecule has 0 fully saturated rings. The van der Waals surface area contributed by atoms with E-state index in [1.165, 1.54) is 0 Å². The number of halogens is 1. The highest BCUT2D eigenvalue weighted by molar-refractivity contribution is 7.99. The Labute approximate surface area is 162 Å². The highest BCUT2D eigenvalue weighted by atomic mass is 35.5. The van der Waals surface area contributed by atoms with Crippen LogP contribution in [-0.4, -0.2) is 12.1 Å². The molecule has 0 radical (unpaired) electrons. The van der Waals surface area contributed by atoms with E-state index in [2.05, 4.69) is 10.5 Å². The molecule has 0 aliphatic carbocycles. The third kappa shape index (κ3) is 5.76. The van der Waals surface area contributed by atoms with Gasteiger partial charge in [-0.15, -0.1) is 0 Å². The van der Waals surface area contributed by atoms with Crippen LogP contribution in [0.1, 0.15) is 11.1 Å². The summed E-state index contributed by atoms with van der Waals surface area (Å²) in [7, 11) is 0. The molecule has 0 heterocycles. The summed E-state index contributed by atoms with van der Waals surface area (Å²) < 4.78 is 0. The second kappa shape index (κ2) is 9.22. The first-order chi connectivity index (χ1) is 12.7. The number of carbonyl (C=O) groups is 1. The normalized spacial score (nSPS) is 10.8. The molecular weight excluding hydrogens is 364 g/mol. The summed E-state index contributed by atoms with van der Waals surface area (Å²) in [4.78, 5) is 14.1. The molecule has 0 unspecified atom stereocenters. The van der Waals surface area contributed by atoms with Crippen molar-refractivity contribution >= 4 is 35.5 Å². The number of amides is 1. The summed E-state index contributed by atoms with van der Waals surface area (Å²) in [5.41, 5.74) is 4.44. The van der Waals surface area contributed by atoms with Gasteiger partial charge in [0.25, 0.3) is 0 Å². The number of nitrogens with one attached hydrogen (secondary N) is 1. The van der Waals surface area contributed by atoms with E-state index in [4.69, 9.17) is 11.6 Å². The van der Waals surface area contributed by atoms with Gasteiger partial charge >= 0.3 is 0 Å². The molecule has 0 spiro atoms. The maximum Gasteiger partial charge on any atom is 0.244 e. The van der Waals surface area contributed by atoms with Gasteiger partial charge in [0.2, 0.25) is 5.91 Å². The van der Waals surface area contributed by atoms with E-state index in [1.54, 1.807) is 18.0 Å². The van der Waals surface area contributed by atoms with Gasteiger partial charge in [-0.2, -0.15) is 5.10 Å². The number of hydrazone groups is 1. The van der Waals surface area contributed by atoms with Gasteiger partial charge in [-0.25, -0.2) is 5.43 Å². The summed E-state index contributed by atoms with van der Waals surface area (Å²) in [6, 6.07) is 25.3. The van der Waals surface area contributed by atoms with Crippen molar-refractivity contribution < 1.29 is 4.79 Å². The van der Waals surface area contributed by atoms with Crippen LogP contribution >= 0.6 is 23.4 Å². The second-order valence-corrected chi connectivity index (χ2v) is 7.16. The Morgan fingerprint density at radius 2 is 1.54 bits per heavy atom. The van der Waals surface area contributed by atoms with Crippen LogP contribution in [0.3, 0.4) is 0 Å². The smallest absolute Gasteiger partial charge is 0.244 e. The van der Waals surface area contributed by atoms with Crippen molar-refractivity contribution in [2.24, 2.45) is 5.10 Å². The van der Waals surface area contributed by atoms with Crippen molar-refractivity contribution in [3.8, 4) is 0 Å². The van der Waals surface area contributed by atoms with E-state index in [9.17, 15) is 4.79 Å². The van der Waals surface area contributed by atoms with Gasteiger partial charge in [0, 0.05) is 14.8 Å². The number of carbonyl (C=O) groups excluding carboxylic acids is 1. The van der Waals surface area contributed by atoms with E-state index in [0.717, 1.165) is 25.9 Å². The summed E-state index contributed by atoms with van der Waals surface area (Å²) in [5, 5.41) is 4.75. The van der Waals surface area contributed by atoms with E-state index < -0.39 is 0 Å². The quantitative estimate of drug-likeness (QED) is 0.472. The first-order valence-electron chi connectivity index (χ1n) is 8.08. The zero-order valence-corrected chi connectivity index (χ0v) is 15.5. The fourth-order valence-corrected chi connectivity index (χ4v) is 3.20. The minimum atomic E-state index is -0.137. The molecule has 3 aromatic rings. The van der Waals surface area contributed by atoms with Crippen molar-refractivity contribution in [2.75, 3.05) is 0 Å². The molecule has 0 saturated heterocycles. The number of hydrogen-bond acceptors (Lipinski definition) is 3. The third-order valence-corrected chi connectivity index (χ3v) is 4.81. The molecule has 3 rings (SSSR count). The Balaban J connectivity index is 1.51. The number of hydrogen-bond donors (Lipinski definition) is 1. The van der Waals surface area contributed by atoms with Crippen LogP contribution in [0.4, 0.5) is 0 Å². The first-order valence-corrected chi connectivity index (χ1v) is 9.28. The van der Waals surface area contributed by atoms with Crippen LogP contribution < -0.4 is 5.43 Å². The van der Waals surface area contributed by atoms with Crippen LogP contribution in [0.25, 0.3) is 0 Å². The SMILES string of the molecule is O=C(Cc1ccccc1)N/N=C\c1ccc(Sc2ccc(Cl)cc2)cc1. The molecule has 1 N–H and O–H groups in total. The van der Waals surface area contributed by atoms with Crippen LogP contribution in [-0.2, 0) is 11.2 Å². The van der Waals surface area contributed by atoms with Crippen LogP contribution in [0.2, 0.25) is 5.02 Å². The summed E-state index contributed by atoms with van der Waals surface area (Å²) in [5.74, 6) is -0.137. The lowest BCUT2D eigenvalue weighted by Gasteiger charge is -2.03. The molecule has 0 aliphatic heterocycles. The molecule has 0 saturated carbocycles. The number of rotatable bonds is 6.